The topological polar surface area (TPSA) is 67.4 Å². The van der Waals surface area contributed by atoms with Crippen molar-refractivity contribution in [3.05, 3.63) is 65.2 Å². The van der Waals surface area contributed by atoms with Crippen LogP contribution in [-0.4, -0.2) is 24.5 Å². The zero-order valence-electron chi connectivity index (χ0n) is 16.7. The summed E-state index contributed by atoms with van der Waals surface area (Å²) in [5, 5.41) is 5.86. The maximum Gasteiger partial charge on any atom is 0.253 e. The minimum atomic E-state index is -0.397. The molecule has 0 unspecified atom stereocenters. The van der Waals surface area contributed by atoms with Gasteiger partial charge in [0.25, 0.3) is 11.8 Å². The molecule has 0 bridgehead atoms. The Labute approximate surface area is 166 Å². The third kappa shape index (κ3) is 4.98. The summed E-state index contributed by atoms with van der Waals surface area (Å²) in [4.78, 5) is 24.8. The summed E-state index contributed by atoms with van der Waals surface area (Å²) < 4.78 is 5.40. The molecule has 1 saturated heterocycles. The lowest BCUT2D eigenvalue weighted by atomic mass is 9.99. The highest BCUT2D eigenvalue weighted by Gasteiger charge is 2.23. The Morgan fingerprint density at radius 1 is 1.04 bits per heavy atom. The second kappa shape index (κ2) is 9.02. The highest BCUT2D eigenvalue weighted by molar-refractivity contribution is 5.98. The molecular weight excluding hydrogens is 352 g/mol. The molecule has 1 fully saturated rings. The Morgan fingerprint density at radius 3 is 2.39 bits per heavy atom. The summed E-state index contributed by atoms with van der Waals surface area (Å²) in [5.74, 6) is 0.147. The van der Waals surface area contributed by atoms with Crippen molar-refractivity contribution in [3.8, 4) is 0 Å². The molecule has 5 nitrogen and oxygen atoms in total. The molecule has 1 aliphatic heterocycles. The van der Waals surface area contributed by atoms with Gasteiger partial charge in [0.2, 0.25) is 0 Å². The van der Waals surface area contributed by atoms with Crippen LogP contribution in [0, 0.1) is 0 Å². The number of hydrogen-bond acceptors (Lipinski definition) is 3. The number of anilines is 1. The molecule has 148 valence electrons. The number of hydrogen-bond donors (Lipinski definition) is 2. The van der Waals surface area contributed by atoms with Crippen molar-refractivity contribution in [2.24, 2.45) is 0 Å². The molecule has 1 aliphatic rings. The van der Waals surface area contributed by atoms with Gasteiger partial charge in [-0.2, -0.15) is 0 Å². The number of rotatable bonds is 6. The maximum absolute atomic E-state index is 12.6. The number of carbonyl (C=O) groups is 2. The Morgan fingerprint density at radius 2 is 1.75 bits per heavy atom. The molecular formula is C23H28N2O3. The van der Waals surface area contributed by atoms with Gasteiger partial charge >= 0.3 is 0 Å². The molecule has 28 heavy (non-hydrogen) atoms. The molecule has 0 aromatic heterocycles. The van der Waals surface area contributed by atoms with Crippen molar-refractivity contribution >= 4 is 17.5 Å². The average molecular weight is 380 g/mol. The lowest BCUT2D eigenvalue weighted by Crippen LogP contribution is -2.28. The van der Waals surface area contributed by atoms with Crippen molar-refractivity contribution < 1.29 is 14.3 Å². The van der Waals surface area contributed by atoms with E-state index >= 15 is 0 Å². The molecule has 1 heterocycles. The standard InChI is InChI=1S/C23H28N2O3/c1-15(2)17-9-11-18(12-10-17)16(3)24-22(26)19-6-4-7-20(14-19)25-23(27)21-8-5-13-28-21/h4,6-7,9-12,14-16,21H,5,8,13H2,1-3H3,(H,24,26)(H,25,27)/t16-,21-/m0/s1. The van der Waals surface area contributed by atoms with Gasteiger partial charge in [0.15, 0.2) is 0 Å². The monoisotopic (exact) mass is 380 g/mol. The summed E-state index contributed by atoms with van der Waals surface area (Å²) in [5.41, 5.74) is 3.44. The molecule has 5 heteroatoms. The first kappa shape index (κ1) is 20.1. The van der Waals surface area contributed by atoms with Gasteiger partial charge in [-0.3, -0.25) is 9.59 Å². The maximum atomic E-state index is 12.6. The van der Waals surface area contributed by atoms with Crippen molar-refractivity contribution in [1.82, 2.24) is 5.32 Å². The number of benzene rings is 2. The van der Waals surface area contributed by atoms with Crippen LogP contribution in [0.4, 0.5) is 5.69 Å². The molecule has 2 atom stereocenters. The first-order valence-electron chi connectivity index (χ1n) is 9.87. The van der Waals surface area contributed by atoms with Crippen LogP contribution in [0.3, 0.4) is 0 Å². The zero-order valence-corrected chi connectivity index (χ0v) is 16.7. The Balaban J connectivity index is 1.62. The van der Waals surface area contributed by atoms with Crippen LogP contribution < -0.4 is 10.6 Å². The fraction of sp³-hybridized carbons (Fsp3) is 0.391. The second-order valence-corrected chi connectivity index (χ2v) is 7.59. The smallest absolute Gasteiger partial charge is 0.253 e. The quantitative estimate of drug-likeness (QED) is 0.780. The molecule has 0 radical (unpaired) electrons. The average Bonchev–Trinajstić information content (AvgIpc) is 3.23. The number of ether oxygens (including phenoxy) is 1. The van der Waals surface area contributed by atoms with E-state index in [2.05, 4.69) is 48.7 Å². The van der Waals surface area contributed by atoms with Gasteiger partial charge in [-0.15, -0.1) is 0 Å². The molecule has 0 aliphatic carbocycles. The molecule has 2 aromatic rings. The predicted molar refractivity (Wildman–Crippen MR) is 110 cm³/mol. The lowest BCUT2D eigenvalue weighted by Gasteiger charge is -2.16. The van der Waals surface area contributed by atoms with Crippen molar-refractivity contribution in [2.45, 2.75) is 51.7 Å². The SMILES string of the molecule is CC(C)c1ccc([C@H](C)NC(=O)c2cccc(NC(=O)[C@@H]3CCCO3)c2)cc1. The minimum absolute atomic E-state index is 0.112. The highest BCUT2D eigenvalue weighted by atomic mass is 16.5. The Hall–Kier alpha value is -2.66. The van der Waals surface area contributed by atoms with Crippen LogP contribution in [0.1, 0.15) is 67.1 Å². The summed E-state index contributed by atoms with van der Waals surface area (Å²) in [7, 11) is 0. The van der Waals surface area contributed by atoms with Crippen molar-refractivity contribution in [3.63, 3.8) is 0 Å². The van der Waals surface area contributed by atoms with E-state index in [0.29, 0.717) is 23.8 Å². The summed E-state index contributed by atoms with van der Waals surface area (Å²) in [6.07, 6.45) is 1.24. The van der Waals surface area contributed by atoms with Gasteiger partial charge in [0, 0.05) is 17.9 Å². The van der Waals surface area contributed by atoms with Gasteiger partial charge < -0.3 is 15.4 Å². The van der Waals surface area contributed by atoms with Crippen molar-refractivity contribution in [1.29, 1.82) is 0 Å². The minimum Gasteiger partial charge on any atom is -0.368 e. The second-order valence-electron chi connectivity index (χ2n) is 7.59. The van der Waals surface area contributed by atoms with Gasteiger partial charge in [0.05, 0.1) is 6.04 Å². The van der Waals surface area contributed by atoms with E-state index < -0.39 is 6.10 Å². The molecule has 2 amide bonds. The zero-order chi connectivity index (χ0) is 20.1. The first-order chi connectivity index (χ1) is 13.4. The van der Waals surface area contributed by atoms with Crippen LogP contribution in [-0.2, 0) is 9.53 Å². The predicted octanol–water partition coefficient (Wildman–Crippen LogP) is 4.42. The van der Waals surface area contributed by atoms with E-state index in [1.165, 1.54) is 5.56 Å². The van der Waals surface area contributed by atoms with Crippen LogP contribution >= 0.6 is 0 Å². The van der Waals surface area contributed by atoms with Gasteiger partial charge in [-0.1, -0.05) is 44.2 Å². The van der Waals surface area contributed by atoms with E-state index in [0.717, 1.165) is 18.4 Å². The summed E-state index contributed by atoms with van der Waals surface area (Å²) in [6, 6.07) is 15.2. The van der Waals surface area contributed by atoms with E-state index in [1.54, 1.807) is 24.3 Å². The number of amides is 2. The third-order valence-corrected chi connectivity index (χ3v) is 5.07. The number of nitrogens with one attached hydrogen (secondary N) is 2. The highest BCUT2D eigenvalue weighted by Crippen LogP contribution is 2.20. The number of carbonyl (C=O) groups excluding carboxylic acids is 2. The van der Waals surface area contributed by atoms with E-state index in [4.69, 9.17) is 4.74 Å². The third-order valence-electron chi connectivity index (χ3n) is 5.07. The fourth-order valence-electron chi connectivity index (χ4n) is 3.28. The summed E-state index contributed by atoms with van der Waals surface area (Å²) >= 11 is 0. The molecule has 2 aromatic carbocycles. The van der Waals surface area contributed by atoms with Crippen LogP contribution in [0.25, 0.3) is 0 Å². The molecule has 0 saturated carbocycles. The Bertz CT molecular complexity index is 824. The van der Waals surface area contributed by atoms with E-state index in [1.807, 2.05) is 6.92 Å². The van der Waals surface area contributed by atoms with Crippen LogP contribution in [0.2, 0.25) is 0 Å². The largest absolute Gasteiger partial charge is 0.368 e. The molecule has 3 rings (SSSR count). The van der Waals surface area contributed by atoms with E-state index in [9.17, 15) is 9.59 Å². The molecule has 0 spiro atoms. The fourth-order valence-corrected chi connectivity index (χ4v) is 3.28. The lowest BCUT2D eigenvalue weighted by molar-refractivity contribution is -0.124. The van der Waals surface area contributed by atoms with Crippen molar-refractivity contribution in [2.75, 3.05) is 11.9 Å². The normalized spacial score (nSPS) is 17.4. The van der Waals surface area contributed by atoms with E-state index in [-0.39, 0.29) is 17.9 Å². The first-order valence-corrected chi connectivity index (χ1v) is 9.87. The van der Waals surface area contributed by atoms with Gasteiger partial charge in [0.1, 0.15) is 6.10 Å². The van der Waals surface area contributed by atoms with Gasteiger partial charge in [-0.05, 0) is 55.0 Å². The van der Waals surface area contributed by atoms with Crippen LogP contribution in [0.15, 0.2) is 48.5 Å². The van der Waals surface area contributed by atoms with Gasteiger partial charge in [-0.25, -0.2) is 0 Å². The van der Waals surface area contributed by atoms with Crippen LogP contribution in [0.5, 0.6) is 0 Å². The Kier molecular flexibility index (Phi) is 6.47. The summed E-state index contributed by atoms with van der Waals surface area (Å²) in [6.45, 7) is 6.90. The molecule has 2 N–H and O–H groups in total.